The van der Waals surface area contributed by atoms with Crippen molar-refractivity contribution in [2.24, 2.45) is 10.9 Å². The molecule has 0 saturated carbocycles. The summed E-state index contributed by atoms with van der Waals surface area (Å²) in [5.41, 5.74) is 1.41. The van der Waals surface area contributed by atoms with E-state index in [1.165, 1.54) is 35.1 Å². The normalized spacial score (nSPS) is 25.8. The van der Waals surface area contributed by atoms with Gasteiger partial charge >= 0.3 is 0 Å². The maximum atomic E-state index is 4.80. The second-order valence-electron chi connectivity index (χ2n) is 5.54. The maximum absolute atomic E-state index is 4.80. The summed E-state index contributed by atoms with van der Waals surface area (Å²) < 4.78 is 0. The van der Waals surface area contributed by atoms with E-state index in [2.05, 4.69) is 47.4 Å². The zero-order valence-corrected chi connectivity index (χ0v) is 13.4. The topological polar surface area (TPSA) is 24.4 Å². The third kappa shape index (κ3) is 4.19. The lowest BCUT2D eigenvalue weighted by Crippen LogP contribution is -2.29. The highest BCUT2D eigenvalue weighted by atomic mass is 32.2. The number of nitrogens with one attached hydrogen (secondary N) is 1. The van der Waals surface area contributed by atoms with E-state index in [4.69, 9.17) is 4.99 Å². The number of rotatable bonds is 4. The molecule has 2 aliphatic rings. The minimum absolute atomic E-state index is 0.545. The molecular formula is C16H22N2S2. The molecule has 2 aliphatic heterocycles. The Morgan fingerprint density at radius 1 is 1.15 bits per heavy atom. The van der Waals surface area contributed by atoms with Crippen LogP contribution >= 0.6 is 23.5 Å². The maximum Gasteiger partial charge on any atom is 0.156 e. The molecular weight excluding hydrogens is 284 g/mol. The van der Waals surface area contributed by atoms with E-state index < -0.39 is 0 Å². The number of aliphatic imine (C=N–C) groups is 1. The second-order valence-corrected chi connectivity index (χ2v) is 7.78. The van der Waals surface area contributed by atoms with Gasteiger partial charge in [0.15, 0.2) is 5.17 Å². The van der Waals surface area contributed by atoms with Crippen molar-refractivity contribution in [3.8, 4) is 0 Å². The fourth-order valence-electron chi connectivity index (χ4n) is 2.68. The molecule has 0 aliphatic carbocycles. The molecule has 1 atom stereocenters. The van der Waals surface area contributed by atoms with Gasteiger partial charge in [-0.15, -0.1) is 0 Å². The van der Waals surface area contributed by atoms with Crippen LogP contribution in [-0.4, -0.2) is 35.0 Å². The number of hydrogen-bond donors (Lipinski definition) is 1. The zero-order chi connectivity index (χ0) is 13.6. The van der Waals surface area contributed by atoms with Crippen molar-refractivity contribution in [1.29, 1.82) is 0 Å². The summed E-state index contributed by atoms with van der Waals surface area (Å²) in [6.45, 7) is 1.02. The average Bonchev–Trinajstić information content (AvgIpc) is 2.95. The van der Waals surface area contributed by atoms with Crippen LogP contribution in [0.3, 0.4) is 0 Å². The van der Waals surface area contributed by atoms with Crippen LogP contribution in [0.2, 0.25) is 0 Å². The summed E-state index contributed by atoms with van der Waals surface area (Å²) in [7, 11) is 0. The zero-order valence-electron chi connectivity index (χ0n) is 11.8. The van der Waals surface area contributed by atoms with Crippen LogP contribution in [0.15, 0.2) is 35.3 Å². The van der Waals surface area contributed by atoms with E-state index in [1.807, 2.05) is 11.8 Å². The molecule has 1 N–H and O–H groups in total. The van der Waals surface area contributed by atoms with Gasteiger partial charge in [-0.3, -0.25) is 4.99 Å². The molecule has 1 aromatic carbocycles. The van der Waals surface area contributed by atoms with Crippen LogP contribution in [0.25, 0.3) is 0 Å². The SMILES string of the molecule is c1ccc(CC2CSC(=NCC3CCSCC3)N2)cc1. The van der Waals surface area contributed by atoms with Gasteiger partial charge in [-0.25, -0.2) is 0 Å². The molecule has 0 spiro atoms. The van der Waals surface area contributed by atoms with Gasteiger partial charge in [0.1, 0.15) is 0 Å². The summed E-state index contributed by atoms with van der Waals surface area (Å²) in [6, 6.07) is 11.3. The highest BCUT2D eigenvalue weighted by Crippen LogP contribution is 2.24. The summed E-state index contributed by atoms with van der Waals surface area (Å²) in [6.07, 6.45) is 3.80. The quantitative estimate of drug-likeness (QED) is 0.922. The van der Waals surface area contributed by atoms with Gasteiger partial charge in [-0.05, 0) is 42.2 Å². The standard InChI is InChI=1S/C16H22N2S2/c1-2-4-13(5-3-1)10-15-12-20-16(18-15)17-11-14-6-8-19-9-7-14/h1-5,14-15H,6-12H2,(H,17,18). The van der Waals surface area contributed by atoms with Gasteiger partial charge in [-0.2, -0.15) is 11.8 Å². The molecule has 2 saturated heterocycles. The fraction of sp³-hybridized carbons (Fsp3) is 0.562. The third-order valence-electron chi connectivity index (χ3n) is 3.91. The summed E-state index contributed by atoms with van der Waals surface area (Å²) in [5.74, 6) is 4.62. The van der Waals surface area contributed by atoms with Crippen LogP contribution in [0.1, 0.15) is 18.4 Å². The van der Waals surface area contributed by atoms with Crippen molar-refractivity contribution in [2.75, 3.05) is 23.8 Å². The lowest BCUT2D eigenvalue weighted by molar-refractivity contribution is 0.502. The highest BCUT2D eigenvalue weighted by molar-refractivity contribution is 8.14. The van der Waals surface area contributed by atoms with Gasteiger partial charge in [0.25, 0.3) is 0 Å². The lowest BCUT2D eigenvalue weighted by Gasteiger charge is -2.19. The van der Waals surface area contributed by atoms with Crippen molar-refractivity contribution in [2.45, 2.75) is 25.3 Å². The fourth-order valence-corrected chi connectivity index (χ4v) is 4.86. The first-order valence-corrected chi connectivity index (χ1v) is 9.59. The molecule has 1 unspecified atom stereocenters. The third-order valence-corrected chi connectivity index (χ3v) is 6.05. The van der Waals surface area contributed by atoms with Gasteiger partial charge < -0.3 is 5.32 Å². The van der Waals surface area contributed by atoms with Gasteiger partial charge in [0, 0.05) is 18.3 Å². The Morgan fingerprint density at radius 3 is 2.75 bits per heavy atom. The predicted molar refractivity (Wildman–Crippen MR) is 91.9 cm³/mol. The molecule has 0 radical (unpaired) electrons. The van der Waals surface area contributed by atoms with E-state index >= 15 is 0 Å². The molecule has 108 valence electrons. The summed E-state index contributed by atoms with van der Waals surface area (Å²) in [5, 5.41) is 4.76. The van der Waals surface area contributed by atoms with Crippen LogP contribution in [0.5, 0.6) is 0 Å². The van der Waals surface area contributed by atoms with E-state index in [-0.39, 0.29) is 0 Å². The Hall–Kier alpha value is -0.610. The average molecular weight is 306 g/mol. The Bertz CT molecular complexity index is 441. The molecule has 0 amide bonds. The number of nitrogens with zero attached hydrogens (tertiary/aromatic N) is 1. The van der Waals surface area contributed by atoms with Crippen LogP contribution in [0.4, 0.5) is 0 Å². The van der Waals surface area contributed by atoms with Crippen LogP contribution < -0.4 is 5.32 Å². The van der Waals surface area contributed by atoms with E-state index in [0.29, 0.717) is 6.04 Å². The van der Waals surface area contributed by atoms with Gasteiger partial charge in [-0.1, -0.05) is 42.1 Å². The largest absolute Gasteiger partial charge is 0.361 e. The van der Waals surface area contributed by atoms with Crippen molar-refractivity contribution >= 4 is 28.7 Å². The Labute approximate surface area is 130 Å². The number of thioether (sulfide) groups is 2. The Kier molecular flexibility index (Phi) is 5.31. The first-order valence-electron chi connectivity index (χ1n) is 7.45. The van der Waals surface area contributed by atoms with Crippen molar-refractivity contribution in [1.82, 2.24) is 5.32 Å². The minimum Gasteiger partial charge on any atom is -0.361 e. The highest BCUT2D eigenvalue weighted by Gasteiger charge is 2.21. The van der Waals surface area contributed by atoms with Crippen molar-refractivity contribution < 1.29 is 0 Å². The smallest absolute Gasteiger partial charge is 0.156 e. The monoisotopic (exact) mass is 306 g/mol. The van der Waals surface area contributed by atoms with Gasteiger partial charge in [0.2, 0.25) is 0 Å². The lowest BCUT2D eigenvalue weighted by atomic mass is 10.0. The van der Waals surface area contributed by atoms with Crippen LogP contribution in [-0.2, 0) is 6.42 Å². The number of amidine groups is 1. The number of hydrogen-bond acceptors (Lipinski definition) is 3. The molecule has 0 aromatic heterocycles. The predicted octanol–water partition coefficient (Wildman–Crippen LogP) is 3.43. The minimum atomic E-state index is 0.545. The van der Waals surface area contributed by atoms with Crippen LogP contribution in [0, 0.1) is 5.92 Å². The van der Waals surface area contributed by atoms with E-state index in [9.17, 15) is 0 Å². The molecule has 3 rings (SSSR count). The summed E-state index contributed by atoms with van der Waals surface area (Å²) in [4.78, 5) is 4.80. The molecule has 2 heterocycles. The van der Waals surface area contributed by atoms with Crippen molar-refractivity contribution in [3.63, 3.8) is 0 Å². The first kappa shape index (κ1) is 14.3. The number of benzene rings is 1. The molecule has 1 aromatic rings. The molecule has 0 bridgehead atoms. The van der Waals surface area contributed by atoms with E-state index in [1.54, 1.807) is 0 Å². The summed E-state index contributed by atoms with van der Waals surface area (Å²) >= 11 is 3.98. The van der Waals surface area contributed by atoms with E-state index in [0.717, 1.165) is 24.6 Å². The second kappa shape index (κ2) is 7.41. The molecule has 2 fully saturated rings. The molecule has 4 heteroatoms. The van der Waals surface area contributed by atoms with Crippen molar-refractivity contribution in [3.05, 3.63) is 35.9 Å². The molecule has 2 nitrogen and oxygen atoms in total. The Balaban J connectivity index is 1.46. The van der Waals surface area contributed by atoms with Gasteiger partial charge in [0.05, 0.1) is 0 Å². The molecule has 20 heavy (non-hydrogen) atoms. The first-order chi connectivity index (χ1) is 9.90. The Morgan fingerprint density at radius 2 is 1.95 bits per heavy atom.